The lowest BCUT2D eigenvalue weighted by Gasteiger charge is -2.37. The molecule has 2 atom stereocenters. The Hall–Kier alpha value is -1.91. The van der Waals surface area contributed by atoms with E-state index < -0.39 is 0 Å². The van der Waals surface area contributed by atoms with Gasteiger partial charge in [0.05, 0.1) is 5.92 Å². The number of aromatic nitrogens is 1. The molecule has 1 aliphatic heterocycles. The number of rotatable bonds is 5. The molecule has 2 heterocycles. The van der Waals surface area contributed by atoms with Crippen molar-refractivity contribution in [3.63, 3.8) is 0 Å². The highest BCUT2D eigenvalue weighted by atomic mass is 16.2. The first-order chi connectivity index (χ1) is 11.3. The standard InChI is InChI=1S/C18H25N3O2/c22-17-9-5-13-21(17)16-8-2-1-7-15(16)18(23)20-12-10-14-6-3-4-11-19-14/h3-4,6,11,15-16H,1-2,5,7-10,12-13H2,(H,20,23)/t15-,16+/m1/s1. The summed E-state index contributed by atoms with van der Waals surface area (Å²) in [7, 11) is 0. The Morgan fingerprint density at radius 2 is 2.13 bits per heavy atom. The summed E-state index contributed by atoms with van der Waals surface area (Å²) in [6, 6.07) is 5.93. The number of carbonyl (C=O) groups is 2. The zero-order valence-corrected chi connectivity index (χ0v) is 13.5. The third kappa shape index (κ3) is 3.89. The van der Waals surface area contributed by atoms with Crippen molar-refractivity contribution >= 4 is 11.8 Å². The molecule has 1 aromatic heterocycles. The van der Waals surface area contributed by atoms with Gasteiger partial charge in [-0.2, -0.15) is 0 Å². The molecule has 3 rings (SSSR count). The van der Waals surface area contributed by atoms with Crippen LogP contribution in [-0.2, 0) is 16.0 Å². The zero-order chi connectivity index (χ0) is 16.1. The number of amides is 2. The monoisotopic (exact) mass is 315 g/mol. The summed E-state index contributed by atoms with van der Waals surface area (Å²) in [5, 5.41) is 3.05. The van der Waals surface area contributed by atoms with Crippen molar-refractivity contribution in [3.05, 3.63) is 30.1 Å². The van der Waals surface area contributed by atoms with Crippen LogP contribution >= 0.6 is 0 Å². The van der Waals surface area contributed by atoms with Gasteiger partial charge in [-0.15, -0.1) is 0 Å². The summed E-state index contributed by atoms with van der Waals surface area (Å²) in [4.78, 5) is 30.9. The Kier molecular flexibility index (Phi) is 5.26. The number of pyridine rings is 1. The molecule has 2 amide bonds. The fourth-order valence-electron chi connectivity index (χ4n) is 3.80. The third-order valence-corrected chi connectivity index (χ3v) is 4.98. The molecule has 124 valence electrons. The zero-order valence-electron chi connectivity index (χ0n) is 13.5. The van der Waals surface area contributed by atoms with Gasteiger partial charge in [-0.05, 0) is 31.4 Å². The van der Waals surface area contributed by atoms with Crippen LogP contribution in [0.4, 0.5) is 0 Å². The number of nitrogens with one attached hydrogen (secondary N) is 1. The van der Waals surface area contributed by atoms with E-state index in [1.165, 1.54) is 0 Å². The lowest BCUT2D eigenvalue weighted by molar-refractivity contribution is -0.135. The first kappa shape index (κ1) is 16.0. The molecular formula is C18H25N3O2. The summed E-state index contributed by atoms with van der Waals surface area (Å²) in [6.45, 7) is 1.42. The molecule has 2 aliphatic rings. The molecule has 0 spiro atoms. The van der Waals surface area contributed by atoms with E-state index in [1.807, 2.05) is 23.1 Å². The largest absolute Gasteiger partial charge is 0.355 e. The number of hydrogen-bond acceptors (Lipinski definition) is 3. The average Bonchev–Trinajstić information content (AvgIpc) is 3.01. The Morgan fingerprint density at radius 3 is 2.87 bits per heavy atom. The Labute approximate surface area is 137 Å². The number of likely N-dealkylation sites (tertiary alicyclic amines) is 1. The van der Waals surface area contributed by atoms with Gasteiger partial charge in [-0.3, -0.25) is 14.6 Å². The third-order valence-electron chi connectivity index (χ3n) is 4.98. The molecule has 2 fully saturated rings. The maximum atomic E-state index is 12.6. The fraction of sp³-hybridized carbons (Fsp3) is 0.611. The molecule has 1 saturated carbocycles. The SMILES string of the molecule is O=C(NCCc1ccccn1)[C@@H]1CCCC[C@@H]1N1CCCC1=O. The van der Waals surface area contributed by atoms with Crippen molar-refractivity contribution in [1.82, 2.24) is 15.2 Å². The molecule has 1 aliphatic carbocycles. The highest BCUT2D eigenvalue weighted by Crippen LogP contribution is 2.31. The second kappa shape index (κ2) is 7.57. The van der Waals surface area contributed by atoms with Crippen LogP contribution in [0.3, 0.4) is 0 Å². The molecule has 1 N–H and O–H groups in total. The molecule has 5 nitrogen and oxygen atoms in total. The first-order valence-corrected chi connectivity index (χ1v) is 8.73. The Balaban J connectivity index is 1.55. The minimum Gasteiger partial charge on any atom is -0.355 e. The Morgan fingerprint density at radius 1 is 1.26 bits per heavy atom. The Bertz CT molecular complexity index is 546. The minimum absolute atomic E-state index is 0.0467. The normalized spacial score (nSPS) is 24.7. The van der Waals surface area contributed by atoms with Crippen LogP contribution < -0.4 is 5.32 Å². The van der Waals surface area contributed by atoms with Crippen LogP contribution in [0.2, 0.25) is 0 Å². The predicted octanol–water partition coefficient (Wildman–Crippen LogP) is 1.92. The first-order valence-electron chi connectivity index (χ1n) is 8.73. The van der Waals surface area contributed by atoms with Crippen LogP contribution in [0.25, 0.3) is 0 Å². The molecule has 1 aromatic rings. The van der Waals surface area contributed by atoms with E-state index in [4.69, 9.17) is 0 Å². The molecule has 23 heavy (non-hydrogen) atoms. The van der Waals surface area contributed by atoms with Crippen molar-refractivity contribution in [2.75, 3.05) is 13.1 Å². The summed E-state index contributed by atoms with van der Waals surface area (Å²) in [6.07, 6.45) is 8.14. The smallest absolute Gasteiger partial charge is 0.225 e. The average molecular weight is 315 g/mol. The second-order valence-electron chi connectivity index (χ2n) is 6.51. The van der Waals surface area contributed by atoms with Crippen molar-refractivity contribution in [2.24, 2.45) is 5.92 Å². The van der Waals surface area contributed by atoms with Crippen LogP contribution in [0.5, 0.6) is 0 Å². The number of nitrogens with zero attached hydrogens (tertiary/aromatic N) is 2. The van der Waals surface area contributed by atoms with Crippen LogP contribution in [0.15, 0.2) is 24.4 Å². The maximum Gasteiger partial charge on any atom is 0.225 e. The summed E-state index contributed by atoms with van der Waals surface area (Å²) >= 11 is 0. The molecule has 0 aromatic carbocycles. The van der Waals surface area contributed by atoms with E-state index >= 15 is 0 Å². The van der Waals surface area contributed by atoms with Gasteiger partial charge in [-0.25, -0.2) is 0 Å². The quantitative estimate of drug-likeness (QED) is 0.903. The molecule has 1 saturated heterocycles. The van der Waals surface area contributed by atoms with Crippen molar-refractivity contribution in [2.45, 2.75) is 51.0 Å². The van der Waals surface area contributed by atoms with Crippen molar-refractivity contribution in [3.8, 4) is 0 Å². The van der Waals surface area contributed by atoms with Gasteiger partial charge in [0.15, 0.2) is 0 Å². The number of carbonyl (C=O) groups excluding carboxylic acids is 2. The minimum atomic E-state index is -0.0467. The molecule has 5 heteroatoms. The van der Waals surface area contributed by atoms with Crippen molar-refractivity contribution < 1.29 is 9.59 Å². The van der Waals surface area contributed by atoms with E-state index in [9.17, 15) is 9.59 Å². The van der Waals surface area contributed by atoms with Gasteiger partial charge in [0.2, 0.25) is 11.8 Å². The summed E-state index contributed by atoms with van der Waals surface area (Å²) < 4.78 is 0. The van der Waals surface area contributed by atoms with E-state index in [2.05, 4.69) is 10.3 Å². The summed E-state index contributed by atoms with van der Waals surface area (Å²) in [5.41, 5.74) is 0.989. The van der Waals surface area contributed by atoms with E-state index in [-0.39, 0.29) is 23.8 Å². The maximum absolute atomic E-state index is 12.6. The van der Waals surface area contributed by atoms with E-state index in [0.29, 0.717) is 13.0 Å². The van der Waals surface area contributed by atoms with Crippen molar-refractivity contribution in [1.29, 1.82) is 0 Å². The van der Waals surface area contributed by atoms with E-state index in [0.717, 1.165) is 50.8 Å². The highest BCUT2D eigenvalue weighted by molar-refractivity contribution is 5.82. The molecule has 0 radical (unpaired) electrons. The van der Waals surface area contributed by atoms with Crippen LogP contribution in [0, 0.1) is 5.92 Å². The molecule has 0 unspecified atom stereocenters. The van der Waals surface area contributed by atoms with Crippen LogP contribution in [0.1, 0.15) is 44.2 Å². The van der Waals surface area contributed by atoms with Gasteiger partial charge in [0, 0.05) is 43.9 Å². The van der Waals surface area contributed by atoms with Gasteiger partial charge in [0.1, 0.15) is 0 Å². The number of hydrogen-bond donors (Lipinski definition) is 1. The topological polar surface area (TPSA) is 62.3 Å². The van der Waals surface area contributed by atoms with Gasteiger partial charge >= 0.3 is 0 Å². The van der Waals surface area contributed by atoms with Gasteiger partial charge in [-0.1, -0.05) is 18.9 Å². The molecular weight excluding hydrogens is 290 g/mol. The van der Waals surface area contributed by atoms with Crippen LogP contribution in [-0.4, -0.2) is 40.8 Å². The summed E-state index contributed by atoms with van der Waals surface area (Å²) in [5.74, 6) is 0.281. The van der Waals surface area contributed by atoms with Gasteiger partial charge < -0.3 is 10.2 Å². The highest BCUT2D eigenvalue weighted by Gasteiger charge is 2.38. The predicted molar refractivity (Wildman–Crippen MR) is 87.6 cm³/mol. The fourth-order valence-corrected chi connectivity index (χ4v) is 3.80. The van der Waals surface area contributed by atoms with E-state index in [1.54, 1.807) is 6.20 Å². The van der Waals surface area contributed by atoms with Gasteiger partial charge in [0.25, 0.3) is 0 Å². The lowest BCUT2D eigenvalue weighted by atomic mass is 9.83. The molecule has 0 bridgehead atoms. The lowest BCUT2D eigenvalue weighted by Crippen LogP contribution is -2.49. The second-order valence-corrected chi connectivity index (χ2v) is 6.51.